The van der Waals surface area contributed by atoms with Gasteiger partial charge in [0.25, 0.3) is 0 Å². The Morgan fingerprint density at radius 1 is 1.14 bits per heavy atom. The minimum absolute atomic E-state index is 0.0313. The molecule has 0 saturated carbocycles. The molecule has 0 aliphatic heterocycles. The molecule has 3 aromatic rings. The third kappa shape index (κ3) is 5.11. The van der Waals surface area contributed by atoms with Gasteiger partial charge in [0.15, 0.2) is 0 Å². The van der Waals surface area contributed by atoms with E-state index in [1.54, 1.807) is 11.3 Å². The van der Waals surface area contributed by atoms with E-state index in [9.17, 15) is 14.0 Å². The zero-order valence-electron chi connectivity index (χ0n) is 15.6. The van der Waals surface area contributed by atoms with Crippen molar-refractivity contribution in [2.24, 2.45) is 0 Å². The second-order valence-corrected chi connectivity index (χ2v) is 7.50. The number of likely N-dealkylation sites (N-methyl/N-ethyl adjacent to an activating group) is 1. The maximum Gasteiger partial charge on any atom is 0.243 e. The molecule has 1 heterocycles. The van der Waals surface area contributed by atoms with E-state index in [1.165, 1.54) is 24.3 Å². The van der Waals surface area contributed by atoms with Gasteiger partial charge in [-0.05, 0) is 50.4 Å². The van der Waals surface area contributed by atoms with Crippen molar-refractivity contribution < 1.29 is 14.0 Å². The fraction of sp³-hybridized carbons (Fsp3) is 0.250. The number of amides is 2. The maximum absolute atomic E-state index is 12.9. The van der Waals surface area contributed by atoms with Gasteiger partial charge in [-0.15, -0.1) is 11.3 Å². The molecule has 1 atom stereocenters. The van der Waals surface area contributed by atoms with Crippen LogP contribution in [0.3, 0.4) is 0 Å². The molecule has 0 aliphatic carbocycles. The predicted molar refractivity (Wildman–Crippen MR) is 109 cm³/mol. The number of anilines is 1. The first kappa shape index (κ1) is 19.9. The molecule has 8 heteroatoms. The number of nitrogens with zero attached hydrogens (tertiary/aromatic N) is 2. The molecule has 2 amide bonds. The number of hydrogen-bond donors (Lipinski definition) is 2. The van der Waals surface area contributed by atoms with Crippen LogP contribution < -0.4 is 10.6 Å². The largest absolute Gasteiger partial charge is 0.346 e. The van der Waals surface area contributed by atoms with Crippen LogP contribution in [0.25, 0.3) is 10.2 Å². The monoisotopic (exact) mass is 400 g/mol. The topological polar surface area (TPSA) is 74.3 Å². The average Bonchev–Trinajstić information content (AvgIpc) is 3.11. The molecule has 0 fully saturated rings. The van der Waals surface area contributed by atoms with E-state index in [1.807, 2.05) is 43.1 Å². The molecule has 0 radical (unpaired) electrons. The quantitative estimate of drug-likeness (QED) is 0.639. The molecule has 1 aromatic heterocycles. The van der Waals surface area contributed by atoms with Gasteiger partial charge in [-0.1, -0.05) is 12.1 Å². The molecular formula is C20H21FN4O2S. The van der Waals surface area contributed by atoms with Crippen molar-refractivity contribution >= 4 is 39.1 Å². The fourth-order valence-corrected chi connectivity index (χ4v) is 3.68. The van der Waals surface area contributed by atoms with Gasteiger partial charge in [-0.3, -0.25) is 14.5 Å². The zero-order chi connectivity index (χ0) is 20.1. The Labute approximate surface area is 166 Å². The van der Waals surface area contributed by atoms with Gasteiger partial charge >= 0.3 is 0 Å². The standard InChI is InChI=1S/C20H21FN4O2S/c1-13(20-24-16-5-3-4-6-17(16)28-20)25(2)12-19(27)22-11-18(26)23-15-9-7-14(21)8-10-15/h3-10,13H,11-12H2,1-2H3,(H,22,27)(H,23,26)/t13-/m1/s1. The Morgan fingerprint density at radius 2 is 1.86 bits per heavy atom. The van der Waals surface area contributed by atoms with Gasteiger partial charge in [0.2, 0.25) is 11.8 Å². The van der Waals surface area contributed by atoms with E-state index >= 15 is 0 Å². The maximum atomic E-state index is 12.9. The molecule has 2 N–H and O–H groups in total. The van der Waals surface area contributed by atoms with Crippen molar-refractivity contribution in [3.05, 3.63) is 59.4 Å². The summed E-state index contributed by atoms with van der Waals surface area (Å²) in [5.41, 5.74) is 1.42. The lowest BCUT2D eigenvalue weighted by Crippen LogP contribution is -2.39. The minimum Gasteiger partial charge on any atom is -0.346 e. The van der Waals surface area contributed by atoms with Crippen LogP contribution in [0.1, 0.15) is 18.0 Å². The molecule has 146 valence electrons. The first-order valence-corrected chi connectivity index (χ1v) is 9.62. The van der Waals surface area contributed by atoms with Crippen LogP contribution >= 0.6 is 11.3 Å². The molecular weight excluding hydrogens is 379 g/mol. The summed E-state index contributed by atoms with van der Waals surface area (Å²) in [4.78, 5) is 30.6. The summed E-state index contributed by atoms with van der Waals surface area (Å²) in [6.07, 6.45) is 0. The third-order valence-electron chi connectivity index (χ3n) is 4.30. The second kappa shape index (κ2) is 8.90. The van der Waals surface area contributed by atoms with Crippen molar-refractivity contribution in [2.45, 2.75) is 13.0 Å². The molecule has 2 aromatic carbocycles. The first-order chi connectivity index (χ1) is 13.4. The van der Waals surface area contributed by atoms with Crippen molar-refractivity contribution in [3.8, 4) is 0 Å². The van der Waals surface area contributed by atoms with Crippen LogP contribution in [0, 0.1) is 5.82 Å². The third-order valence-corrected chi connectivity index (χ3v) is 5.50. The Hall–Kier alpha value is -2.84. The van der Waals surface area contributed by atoms with Gasteiger partial charge in [-0.2, -0.15) is 0 Å². The Morgan fingerprint density at radius 3 is 2.57 bits per heavy atom. The Balaban J connectivity index is 1.48. The van der Waals surface area contributed by atoms with E-state index in [-0.39, 0.29) is 36.8 Å². The highest BCUT2D eigenvalue weighted by Gasteiger charge is 2.18. The van der Waals surface area contributed by atoms with Crippen molar-refractivity contribution in [2.75, 3.05) is 25.5 Å². The van der Waals surface area contributed by atoms with E-state index in [0.29, 0.717) is 5.69 Å². The van der Waals surface area contributed by atoms with E-state index < -0.39 is 0 Å². The summed E-state index contributed by atoms with van der Waals surface area (Å²) in [5, 5.41) is 6.13. The summed E-state index contributed by atoms with van der Waals surface area (Å²) in [7, 11) is 1.84. The highest BCUT2D eigenvalue weighted by molar-refractivity contribution is 7.18. The molecule has 28 heavy (non-hydrogen) atoms. The highest BCUT2D eigenvalue weighted by Crippen LogP contribution is 2.28. The smallest absolute Gasteiger partial charge is 0.243 e. The second-order valence-electron chi connectivity index (χ2n) is 6.44. The normalized spacial score (nSPS) is 12.1. The van der Waals surface area contributed by atoms with Crippen molar-refractivity contribution in [1.29, 1.82) is 0 Å². The summed E-state index contributed by atoms with van der Waals surface area (Å²) in [5.74, 6) is -1.01. The number of thiazole rings is 1. The molecule has 0 unspecified atom stereocenters. The Bertz CT molecular complexity index is 941. The number of rotatable bonds is 7. The fourth-order valence-electron chi connectivity index (χ4n) is 2.59. The van der Waals surface area contributed by atoms with E-state index in [4.69, 9.17) is 0 Å². The summed E-state index contributed by atoms with van der Waals surface area (Å²) in [6, 6.07) is 13.3. The lowest BCUT2D eigenvalue weighted by Gasteiger charge is -2.22. The SMILES string of the molecule is C[C@H](c1nc2ccccc2s1)N(C)CC(=O)NCC(=O)Nc1ccc(F)cc1. The number of para-hydroxylation sites is 1. The van der Waals surface area contributed by atoms with Crippen LogP contribution in [-0.4, -0.2) is 41.8 Å². The summed E-state index contributed by atoms with van der Waals surface area (Å²) in [6.45, 7) is 1.98. The van der Waals surface area contributed by atoms with Gasteiger partial charge < -0.3 is 10.6 Å². The number of benzene rings is 2. The van der Waals surface area contributed by atoms with Crippen LogP contribution in [-0.2, 0) is 9.59 Å². The number of hydrogen-bond acceptors (Lipinski definition) is 5. The number of carbonyl (C=O) groups is 2. The van der Waals surface area contributed by atoms with E-state index in [2.05, 4.69) is 15.6 Å². The van der Waals surface area contributed by atoms with Crippen molar-refractivity contribution in [1.82, 2.24) is 15.2 Å². The van der Waals surface area contributed by atoms with Crippen LogP contribution in [0.15, 0.2) is 48.5 Å². The number of fused-ring (bicyclic) bond motifs is 1. The molecule has 0 saturated heterocycles. The molecule has 0 spiro atoms. The number of nitrogens with one attached hydrogen (secondary N) is 2. The van der Waals surface area contributed by atoms with Gasteiger partial charge in [0.05, 0.1) is 29.3 Å². The minimum atomic E-state index is -0.378. The molecule has 6 nitrogen and oxygen atoms in total. The number of halogens is 1. The first-order valence-electron chi connectivity index (χ1n) is 8.80. The number of aromatic nitrogens is 1. The van der Waals surface area contributed by atoms with Gasteiger partial charge in [-0.25, -0.2) is 9.37 Å². The van der Waals surface area contributed by atoms with Gasteiger partial charge in [0.1, 0.15) is 10.8 Å². The van der Waals surface area contributed by atoms with Crippen LogP contribution in [0.5, 0.6) is 0 Å². The lowest BCUT2D eigenvalue weighted by molar-refractivity contribution is -0.125. The Kier molecular flexibility index (Phi) is 6.33. The highest BCUT2D eigenvalue weighted by atomic mass is 32.1. The molecule has 3 rings (SSSR count). The predicted octanol–water partition coefficient (Wildman–Crippen LogP) is 3.18. The summed E-state index contributed by atoms with van der Waals surface area (Å²) < 4.78 is 14.0. The van der Waals surface area contributed by atoms with Gasteiger partial charge in [0, 0.05) is 5.69 Å². The zero-order valence-corrected chi connectivity index (χ0v) is 16.4. The molecule has 0 bridgehead atoms. The van der Waals surface area contributed by atoms with E-state index in [0.717, 1.165) is 15.2 Å². The lowest BCUT2D eigenvalue weighted by atomic mass is 10.3. The van der Waals surface area contributed by atoms with Crippen LogP contribution in [0.2, 0.25) is 0 Å². The summed E-state index contributed by atoms with van der Waals surface area (Å²) >= 11 is 1.61. The van der Waals surface area contributed by atoms with Crippen molar-refractivity contribution in [3.63, 3.8) is 0 Å². The molecule has 0 aliphatic rings. The number of carbonyl (C=O) groups excluding carboxylic acids is 2. The average molecular weight is 400 g/mol. The van der Waals surface area contributed by atoms with Crippen LogP contribution in [0.4, 0.5) is 10.1 Å².